The van der Waals surface area contributed by atoms with Gasteiger partial charge in [0.05, 0.1) is 18.1 Å². The zero-order chi connectivity index (χ0) is 24.7. The van der Waals surface area contributed by atoms with Crippen LogP contribution in [0.15, 0.2) is 41.3 Å². The fourth-order valence-electron chi connectivity index (χ4n) is 3.40. The summed E-state index contributed by atoms with van der Waals surface area (Å²) in [6, 6.07) is 11.0. The molecule has 0 bridgehead atoms. The molecule has 2 aromatic carbocycles. The Bertz CT molecular complexity index is 1110. The normalized spacial score (nSPS) is 14.6. The maximum absolute atomic E-state index is 12.9. The summed E-state index contributed by atoms with van der Waals surface area (Å²) in [5, 5.41) is 2.30. The largest absolute Gasteiger partial charge is 0.490 e. The van der Waals surface area contributed by atoms with Crippen molar-refractivity contribution in [2.45, 2.75) is 40.5 Å². The molecule has 0 atom stereocenters. The quantitative estimate of drug-likeness (QED) is 0.353. The number of carbonyl (C=O) groups is 3. The van der Waals surface area contributed by atoms with Gasteiger partial charge < -0.3 is 14.8 Å². The molecule has 0 radical (unpaired) electrons. The van der Waals surface area contributed by atoms with Crippen LogP contribution in [0.1, 0.15) is 43.4 Å². The summed E-state index contributed by atoms with van der Waals surface area (Å²) >= 11 is 0.817. The Morgan fingerprint density at radius 1 is 1.06 bits per heavy atom. The van der Waals surface area contributed by atoms with Crippen molar-refractivity contribution in [2.75, 3.05) is 25.1 Å². The zero-order valence-electron chi connectivity index (χ0n) is 20.0. The molecule has 8 heteroatoms. The van der Waals surface area contributed by atoms with Gasteiger partial charge in [0.25, 0.3) is 11.1 Å². The van der Waals surface area contributed by atoms with E-state index in [1.807, 2.05) is 45.0 Å². The van der Waals surface area contributed by atoms with E-state index in [9.17, 15) is 14.4 Å². The summed E-state index contributed by atoms with van der Waals surface area (Å²) in [5.74, 6) is 0.303. The summed E-state index contributed by atoms with van der Waals surface area (Å²) < 4.78 is 11.5. The van der Waals surface area contributed by atoms with Crippen molar-refractivity contribution in [2.24, 2.45) is 0 Å². The standard InChI is InChI=1S/C26H30N2O5S/c1-5-7-12-33-21-11-9-19(14-22(21)32-6-2)15-23-25(30)28(26(31)34-23)16-24(29)27-20-10-8-17(3)13-18(20)4/h8-11,13-15H,5-7,12,16H2,1-4H3,(H,27,29)/b23-15-. The lowest BCUT2D eigenvalue weighted by molar-refractivity contribution is -0.127. The molecule has 3 rings (SSSR count). The molecule has 2 aromatic rings. The van der Waals surface area contributed by atoms with Crippen LogP contribution in [-0.4, -0.2) is 41.7 Å². The number of imide groups is 1. The van der Waals surface area contributed by atoms with Gasteiger partial charge in [-0.15, -0.1) is 0 Å². The van der Waals surface area contributed by atoms with Crippen LogP contribution in [-0.2, 0) is 9.59 Å². The minimum absolute atomic E-state index is 0.256. The summed E-state index contributed by atoms with van der Waals surface area (Å²) in [5.41, 5.74) is 3.36. The lowest BCUT2D eigenvalue weighted by atomic mass is 10.1. The Kier molecular flexibility index (Phi) is 8.76. The molecule has 3 amide bonds. The highest BCUT2D eigenvalue weighted by Crippen LogP contribution is 2.34. The minimum atomic E-state index is -0.494. The van der Waals surface area contributed by atoms with Gasteiger partial charge in [-0.25, -0.2) is 0 Å². The van der Waals surface area contributed by atoms with Crippen LogP contribution < -0.4 is 14.8 Å². The molecule has 0 unspecified atom stereocenters. The number of nitrogens with one attached hydrogen (secondary N) is 1. The number of aryl methyl sites for hydroxylation is 2. The van der Waals surface area contributed by atoms with Gasteiger partial charge >= 0.3 is 0 Å². The van der Waals surface area contributed by atoms with Gasteiger partial charge in [0.1, 0.15) is 6.54 Å². The van der Waals surface area contributed by atoms with Crippen LogP contribution in [0.4, 0.5) is 10.5 Å². The summed E-state index contributed by atoms with van der Waals surface area (Å²) in [7, 11) is 0. The molecule has 1 N–H and O–H groups in total. The summed E-state index contributed by atoms with van der Waals surface area (Å²) in [6.07, 6.45) is 3.60. The molecule has 0 aliphatic carbocycles. The van der Waals surface area contributed by atoms with Crippen LogP contribution in [0.5, 0.6) is 11.5 Å². The Morgan fingerprint density at radius 2 is 1.85 bits per heavy atom. The van der Waals surface area contributed by atoms with Gasteiger partial charge in [-0.3, -0.25) is 19.3 Å². The SMILES string of the molecule is CCCCOc1ccc(/C=C2\SC(=O)N(CC(=O)Nc3ccc(C)cc3C)C2=O)cc1OCC. The van der Waals surface area contributed by atoms with Crippen molar-refractivity contribution in [1.82, 2.24) is 4.90 Å². The molecule has 1 aliphatic heterocycles. The number of amides is 3. The van der Waals surface area contributed by atoms with E-state index in [1.165, 1.54) is 0 Å². The Labute approximate surface area is 204 Å². The smallest absolute Gasteiger partial charge is 0.294 e. The average molecular weight is 483 g/mol. The number of nitrogens with zero attached hydrogens (tertiary/aromatic N) is 1. The number of rotatable bonds is 10. The maximum atomic E-state index is 12.9. The lowest BCUT2D eigenvalue weighted by Gasteiger charge is -2.14. The number of hydrogen-bond acceptors (Lipinski definition) is 6. The van der Waals surface area contributed by atoms with Gasteiger partial charge in [-0.05, 0) is 74.4 Å². The van der Waals surface area contributed by atoms with Gasteiger partial charge in [0.15, 0.2) is 11.5 Å². The van der Waals surface area contributed by atoms with Crippen molar-refractivity contribution in [3.8, 4) is 11.5 Å². The predicted molar refractivity (Wildman–Crippen MR) is 135 cm³/mol. The van der Waals surface area contributed by atoms with Crippen molar-refractivity contribution in [1.29, 1.82) is 0 Å². The molecule has 180 valence electrons. The summed E-state index contributed by atoms with van der Waals surface area (Å²) in [4.78, 5) is 39.0. The van der Waals surface area contributed by atoms with E-state index in [0.29, 0.717) is 36.0 Å². The topological polar surface area (TPSA) is 84.9 Å². The molecule has 34 heavy (non-hydrogen) atoms. The number of unbranched alkanes of at least 4 members (excludes halogenated alkanes) is 1. The first kappa shape index (κ1) is 25.4. The molecule has 0 saturated carbocycles. The van der Waals surface area contributed by atoms with E-state index in [4.69, 9.17) is 9.47 Å². The van der Waals surface area contributed by atoms with Gasteiger partial charge in [-0.1, -0.05) is 37.1 Å². The van der Waals surface area contributed by atoms with E-state index in [1.54, 1.807) is 18.2 Å². The van der Waals surface area contributed by atoms with Gasteiger partial charge in [-0.2, -0.15) is 0 Å². The van der Waals surface area contributed by atoms with Crippen molar-refractivity contribution < 1.29 is 23.9 Å². The van der Waals surface area contributed by atoms with E-state index in [0.717, 1.165) is 40.6 Å². The first-order valence-corrected chi connectivity index (χ1v) is 12.2. The average Bonchev–Trinajstić information content (AvgIpc) is 3.05. The van der Waals surface area contributed by atoms with Gasteiger partial charge in [0.2, 0.25) is 5.91 Å². The third-order valence-electron chi connectivity index (χ3n) is 5.15. The zero-order valence-corrected chi connectivity index (χ0v) is 20.8. The van der Waals surface area contributed by atoms with E-state index >= 15 is 0 Å². The molecule has 0 aromatic heterocycles. The van der Waals surface area contributed by atoms with Crippen molar-refractivity contribution in [3.63, 3.8) is 0 Å². The molecule has 0 spiro atoms. The number of carbonyl (C=O) groups excluding carboxylic acids is 3. The second-order valence-electron chi connectivity index (χ2n) is 7.98. The molecular formula is C26H30N2O5S. The number of thioether (sulfide) groups is 1. The van der Waals surface area contributed by atoms with Crippen LogP contribution in [0.3, 0.4) is 0 Å². The number of hydrogen-bond donors (Lipinski definition) is 1. The molecule has 1 heterocycles. The minimum Gasteiger partial charge on any atom is -0.490 e. The van der Waals surface area contributed by atoms with Gasteiger partial charge in [0, 0.05) is 5.69 Å². The van der Waals surface area contributed by atoms with E-state index < -0.39 is 17.1 Å². The van der Waals surface area contributed by atoms with Crippen molar-refractivity contribution >= 4 is 40.6 Å². The monoisotopic (exact) mass is 482 g/mol. The Balaban J connectivity index is 1.71. The maximum Gasteiger partial charge on any atom is 0.294 e. The molecule has 1 aliphatic rings. The predicted octanol–water partition coefficient (Wildman–Crippen LogP) is 5.56. The molecular weight excluding hydrogens is 452 g/mol. The molecule has 1 saturated heterocycles. The first-order valence-electron chi connectivity index (χ1n) is 11.3. The fourth-order valence-corrected chi connectivity index (χ4v) is 4.24. The van der Waals surface area contributed by atoms with E-state index in [2.05, 4.69) is 12.2 Å². The van der Waals surface area contributed by atoms with Crippen LogP contribution >= 0.6 is 11.8 Å². The molecule has 7 nitrogen and oxygen atoms in total. The first-order chi connectivity index (χ1) is 16.3. The Hall–Kier alpha value is -3.26. The highest BCUT2D eigenvalue weighted by molar-refractivity contribution is 8.18. The number of ether oxygens (including phenoxy) is 2. The second-order valence-corrected chi connectivity index (χ2v) is 8.97. The lowest BCUT2D eigenvalue weighted by Crippen LogP contribution is -2.36. The number of benzene rings is 2. The van der Waals surface area contributed by atoms with Crippen LogP contribution in [0.25, 0.3) is 6.08 Å². The third-order valence-corrected chi connectivity index (χ3v) is 6.06. The van der Waals surface area contributed by atoms with E-state index in [-0.39, 0.29) is 11.4 Å². The summed E-state index contributed by atoms with van der Waals surface area (Å²) in [6.45, 7) is 8.56. The second kappa shape index (κ2) is 11.7. The van der Waals surface area contributed by atoms with Crippen LogP contribution in [0, 0.1) is 13.8 Å². The molecule has 1 fully saturated rings. The fraction of sp³-hybridized carbons (Fsp3) is 0.346. The number of anilines is 1. The Morgan fingerprint density at radius 3 is 2.56 bits per heavy atom. The van der Waals surface area contributed by atoms with Crippen molar-refractivity contribution in [3.05, 3.63) is 58.0 Å². The van der Waals surface area contributed by atoms with Crippen LogP contribution in [0.2, 0.25) is 0 Å². The third kappa shape index (κ3) is 6.41. The highest BCUT2D eigenvalue weighted by Gasteiger charge is 2.36. The highest BCUT2D eigenvalue weighted by atomic mass is 32.2.